The molecule has 0 aliphatic carbocycles. The van der Waals surface area contributed by atoms with Gasteiger partial charge in [-0.3, -0.25) is 4.99 Å². The van der Waals surface area contributed by atoms with Gasteiger partial charge in [0.25, 0.3) is 0 Å². The zero-order chi connectivity index (χ0) is 19.8. The van der Waals surface area contributed by atoms with Crippen LogP contribution in [0.2, 0.25) is 0 Å². The molecule has 0 saturated carbocycles. The highest BCUT2D eigenvalue weighted by atomic mass is 15.1. The molecule has 4 nitrogen and oxygen atoms in total. The van der Waals surface area contributed by atoms with Gasteiger partial charge in [0.2, 0.25) is 0 Å². The topological polar surface area (TPSA) is 76.4 Å². The second kappa shape index (κ2) is 22.8. The first-order valence-electron chi connectivity index (χ1n) is 11.3. The smallest absolute Gasteiger partial charge is 0.188 e. The van der Waals surface area contributed by atoms with E-state index in [1.165, 1.54) is 64.2 Å². The first kappa shape index (κ1) is 25.7. The third-order valence-electron chi connectivity index (χ3n) is 4.58. The zero-order valence-corrected chi connectivity index (χ0v) is 17.9. The van der Waals surface area contributed by atoms with Gasteiger partial charge < -0.3 is 16.8 Å². The van der Waals surface area contributed by atoms with Gasteiger partial charge in [-0.25, -0.2) is 0 Å². The fraction of sp³-hybridized carbons (Fsp3) is 0.783. The molecule has 0 rings (SSSR count). The molecule has 5 N–H and O–H groups in total. The second-order valence-electron chi connectivity index (χ2n) is 7.27. The molecule has 0 fully saturated rings. The van der Waals surface area contributed by atoms with E-state index in [0.717, 1.165) is 45.3 Å². The highest BCUT2D eigenvalue weighted by Gasteiger charge is 1.93. The van der Waals surface area contributed by atoms with Crippen LogP contribution in [0.5, 0.6) is 0 Å². The molecule has 0 spiro atoms. The first-order valence-corrected chi connectivity index (χ1v) is 11.3. The SMILES string of the molecule is CCCCC/C=C\C/C=C\CCCCCCCCN=C(N)NCCCCN. The third kappa shape index (κ3) is 22.7. The lowest BCUT2D eigenvalue weighted by molar-refractivity contribution is 0.600. The normalized spacial score (nSPS) is 12.4. The molecule has 0 aliphatic heterocycles. The molecule has 0 aromatic carbocycles. The van der Waals surface area contributed by atoms with Crippen LogP contribution in [-0.2, 0) is 0 Å². The number of hydrogen-bond donors (Lipinski definition) is 3. The molecule has 0 heterocycles. The van der Waals surface area contributed by atoms with Crippen LogP contribution < -0.4 is 16.8 Å². The molecule has 0 aliphatic rings. The van der Waals surface area contributed by atoms with Gasteiger partial charge in [-0.2, -0.15) is 0 Å². The molecular weight excluding hydrogens is 332 g/mol. The van der Waals surface area contributed by atoms with Gasteiger partial charge in [0.05, 0.1) is 0 Å². The number of nitrogens with two attached hydrogens (primary N) is 2. The van der Waals surface area contributed by atoms with E-state index in [0.29, 0.717) is 5.96 Å². The van der Waals surface area contributed by atoms with Crippen molar-refractivity contribution < 1.29 is 0 Å². The molecule has 0 unspecified atom stereocenters. The quantitative estimate of drug-likeness (QED) is 0.121. The van der Waals surface area contributed by atoms with Crippen LogP contribution in [0.4, 0.5) is 0 Å². The zero-order valence-electron chi connectivity index (χ0n) is 17.9. The van der Waals surface area contributed by atoms with E-state index in [2.05, 4.69) is 41.5 Å². The highest BCUT2D eigenvalue weighted by molar-refractivity contribution is 5.77. The number of hydrogen-bond acceptors (Lipinski definition) is 2. The van der Waals surface area contributed by atoms with Crippen molar-refractivity contribution in [3.8, 4) is 0 Å². The fourth-order valence-electron chi connectivity index (χ4n) is 2.84. The lowest BCUT2D eigenvalue weighted by Crippen LogP contribution is -2.32. The van der Waals surface area contributed by atoms with Crippen molar-refractivity contribution in [3.05, 3.63) is 24.3 Å². The lowest BCUT2D eigenvalue weighted by Gasteiger charge is -2.04. The van der Waals surface area contributed by atoms with Crippen molar-refractivity contribution in [2.45, 2.75) is 96.8 Å². The van der Waals surface area contributed by atoms with Crippen LogP contribution >= 0.6 is 0 Å². The van der Waals surface area contributed by atoms with Gasteiger partial charge in [-0.05, 0) is 57.9 Å². The van der Waals surface area contributed by atoms with Crippen molar-refractivity contribution in [2.75, 3.05) is 19.6 Å². The summed E-state index contributed by atoms with van der Waals surface area (Å²) in [6.45, 7) is 4.70. The molecule has 0 bridgehead atoms. The summed E-state index contributed by atoms with van der Waals surface area (Å²) < 4.78 is 0. The summed E-state index contributed by atoms with van der Waals surface area (Å²) in [5.74, 6) is 0.578. The van der Waals surface area contributed by atoms with E-state index >= 15 is 0 Å². The monoisotopic (exact) mass is 378 g/mol. The van der Waals surface area contributed by atoms with Crippen molar-refractivity contribution >= 4 is 5.96 Å². The maximum atomic E-state index is 5.82. The molecule has 0 saturated heterocycles. The molecule has 158 valence electrons. The molecule has 0 aromatic heterocycles. The Morgan fingerprint density at radius 3 is 2.07 bits per heavy atom. The van der Waals surface area contributed by atoms with Crippen molar-refractivity contribution in [1.82, 2.24) is 5.32 Å². The summed E-state index contributed by atoms with van der Waals surface area (Å²) >= 11 is 0. The van der Waals surface area contributed by atoms with E-state index < -0.39 is 0 Å². The van der Waals surface area contributed by atoms with Gasteiger partial charge >= 0.3 is 0 Å². The fourth-order valence-corrected chi connectivity index (χ4v) is 2.84. The van der Waals surface area contributed by atoms with Gasteiger partial charge in [0.1, 0.15) is 0 Å². The Balaban J connectivity index is 3.29. The molecule has 0 atom stereocenters. The maximum absolute atomic E-state index is 5.82. The summed E-state index contributed by atoms with van der Waals surface area (Å²) in [7, 11) is 0. The number of nitrogens with zero attached hydrogens (tertiary/aromatic N) is 1. The van der Waals surface area contributed by atoms with Crippen molar-refractivity contribution in [1.29, 1.82) is 0 Å². The van der Waals surface area contributed by atoms with E-state index in [4.69, 9.17) is 11.5 Å². The van der Waals surface area contributed by atoms with E-state index in [1.54, 1.807) is 0 Å². The molecule has 4 heteroatoms. The molecular formula is C23H46N4. The van der Waals surface area contributed by atoms with Crippen LogP contribution in [0.25, 0.3) is 0 Å². The summed E-state index contributed by atoms with van der Waals surface area (Å²) in [4.78, 5) is 4.36. The average Bonchev–Trinajstić information content (AvgIpc) is 2.67. The number of guanidine groups is 1. The summed E-state index contributed by atoms with van der Waals surface area (Å²) in [6, 6.07) is 0. The molecule has 0 amide bonds. The Kier molecular flexibility index (Phi) is 21.7. The number of rotatable bonds is 19. The van der Waals surface area contributed by atoms with Crippen LogP contribution in [0.3, 0.4) is 0 Å². The molecule has 0 aromatic rings. The second-order valence-corrected chi connectivity index (χ2v) is 7.27. The Morgan fingerprint density at radius 2 is 1.41 bits per heavy atom. The largest absolute Gasteiger partial charge is 0.370 e. The Morgan fingerprint density at radius 1 is 0.778 bits per heavy atom. The summed E-state index contributed by atoms with van der Waals surface area (Å²) in [5.41, 5.74) is 11.3. The van der Waals surface area contributed by atoms with Crippen molar-refractivity contribution in [3.63, 3.8) is 0 Å². The third-order valence-corrected chi connectivity index (χ3v) is 4.58. The van der Waals surface area contributed by atoms with Gasteiger partial charge in [0, 0.05) is 13.1 Å². The predicted octanol–water partition coefficient (Wildman–Crippen LogP) is 5.44. The van der Waals surface area contributed by atoms with Gasteiger partial charge in [0.15, 0.2) is 5.96 Å². The predicted molar refractivity (Wildman–Crippen MR) is 122 cm³/mol. The molecule has 27 heavy (non-hydrogen) atoms. The number of aliphatic imine (C=N–C) groups is 1. The lowest BCUT2D eigenvalue weighted by atomic mass is 10.1. The number of unbranched alkanes of at least 4 members (excludes halogenated alkanes) is 10. The minimum atomic E-state index is 0.578. The van der Waals surface area contributed by atoms with E-state index in [1.807, 2.05) is 0 Å². The van der Waals surface area contributed by atoms with Crippen LogP contribution in [0.1, 0.15) is 96.8 Å². The minimum absolute atomic E-state index is 0.578. The van der Waals surface area contributed by atoms with E-state index in [9.17, 15) is 0 Å². The maximum Gasteiger partial charge on any atom is 0.188 e. The van der Waals surface area contributed by atoms with Crippen LogP contribution in [0, 0.1) is 0 Å². The van der Waals surface area contributed by atoms with Gasteiger partial charge in [-0.1, -0.05) is 69.8 Å². The first-order chi connectivity index (χ1) is 13.3. The Hall–Kier alpha value is -1.29. The molecule has 0 radical (unpaired) electrons. The highest BCUT2D eigenvalue weighted by Crippen LogP contribution is 2.08. The average molecular weight is 379 g/mol. The Bertz CT molecular complexity index is 375. The Labute approximate surface area is 169 Å². The van der Waals surface area contributed by atoms with Crippen molar-refractivity contribution in [2.24, 2.45) is 16.5 Å². The summed E-state index contributed by atoms with van der Waals surface area (Å²) in [5, 5.41) is 3.13. The standard InChI is InChI=1S/C23H46N4/c1-2-3-4-5-6-7-8-9-10-11-12-13-14-15-16-18-21-26-23(25)27-22-19-17-20-24/h6-7,9-10H,2-5,8,11-22,24H2,1H3,(H3,25,26,27)/b7-6-,10-9-. The van der Waals surface area contributed by atoms with E-state index in [-0.39, 0.29) is 0 Å². The summed E-state index contributed by atoms with van der Waals surface area (Å²) in [6.07, 6.45) is 26.6. The van der Waals surface area contributed by atoms with Crippen LogP contribution in [0.15, 0.2) is 29.3 Å². The number of allylic oxidation sites excluding steroid dienone is 4. The minimum Gasteiger partial charge on any atom is -0.370 e. The van der Waals surface area contributed by atoms with Crippen LogP contribution in [-0.4, -0.2) is 25.6 Å². The number of nitrogens with one attached hydrogen (secondary N) is 1. The van der Waals surface area contributed by atoms with Gasteiger partial charge in [-0.15, -0.1) is 0 Å².